The van der Waals surface area contributed by atoms with E-state index in [1.54, 1.807) is 11.3 Å². The Morgan fingerprint density at radius 3 is 2.80 bits per heavy atom. The normalized spacial score (nSPS) is 14.6. The first-order valence-corrected chi connectivity index (χ1v) is 9.37. The number of hydrogen-bond donors (Lipinski definition) is 0. The van der Waals surface area contributed by atoms with Crippen LogP contribution in [0.1, 0.15) is 25.1 Å². The SMILES string of the molecule is Cc1nc(-c2ccc(OCC(C)C)c(C#N)c2)sc1N1CCOCC1. The van der Waals surface area contributed by atoms with Gasteiger partial charge in [-0.15, -0.1) is 0 Å². The summed E-state index contributed by atoms with van der Waals surface area (Å²) in [5.74, 6) is 1.06. The second-order valence-electron chi connectivity index (χ2n) is 6.54. The van der Waals surface area contributed by atoms with Gasteiger partial charge in [-0.3, -0.25) is 0 Å². The molecule has 0 spiro atoms. The minimum Gasteiger partial charge on any atom is -0.492 e. The summed E-state index contributed by atoms with van der Waals surface area (Å²) in [6.07, 6.45) is 0. The van der Waals surface area contributed by atoms with Crippen LogP contribution in [0.2, 0.25) is 0 Å². The maximum absolute atomic E-state index is 9.45. The number of thiazole rings is 1. The van der Waals surface area contributed by atoms with Gasteiger partial charge in [-0.05, 0) is 31.0 Å². The van der Waals surface area contributed by atoms with Gasteiger partial charge >= 0.3 is 0 Å². The number of benzene rings is 1. The molecular formula is C19H23N3O2S. The second-order valence-corrected chi connectivity index (χ2v) is 7.51. The highest BCUT2D eigenvalue weighted by Crippen LogP contribution is 2.36. The molecule has 0 bridgehead atoms. The fraction of sp³-hybridized carbons (Fsp3) is 0.474. The fourth-order valence-corrected chi connectivity index (χ4v) is 3.82. The highest BCUT2D eigenvalue weighted by molar-refractivity contribution is 7.19. The lowest BCUT2D eigenvalue weighted by molar-refractivity contribution is 0.123. The van der Waals surface area contributed by atoms with Gasteiger partial charge in [-0.1, -0.05) is 25.2 Å². The molecule has 25 heavy (non-hydrogen) atoms. The summed E-state index contributed by atoms with van der Waals surface area (Å²) in [6, 6.07) is 7.97. The molecule has 3 rings (SSSR count). The number of hydrogen-bond acceptors (Lipinski definition) is 6. The first kappa shape index (κ1) is 17.7. The predicted molar refractivity (Wildman–Crippen MR) is 100 cm³/mol. The van der Waals surface area contributed by atoms with E-state index in [-0.39, 0.29) is 0 Å². The smallest absolute Gasteiger partial charge is 0.137 e. The Hall–Kier alpha value is -2.10. The number of nitriles is 1. The number of aromatic nitrogens is 1. The second kappa shape index (κ2) is 7.85. The molecule has 2 aromatic rings. The van der Waals surface area contributed by atoms with E-state index in [2.05, 4.69) is 24.8 Å². The van der Waals surface area contributed by atoms with Crippen molar-refractivity contribution < 1.29 is 9.47 Å². The molecule has 1 aromatic carbocycles. The highest BCUT2D eigenvalue weighted by atomic mass is 32.1. The molecule has 2 heterocycles. The van der Waals surface area contributed by atoms with E-state index in [4.69, 9.17) is 14.5 Å². The molecule has 0 radical (unpaired) electrons. The molecule has 1 aliphatic heterocycles. The van der Waals surface area contributed by atoms with Crippen LogP contribution in [0, 0.1) is 24.2 Å². The summed E-state index contributed by atoms with van der Waals surface area (Å²) in [7, 11) is 0. The molecule has 0 amide bonds. The Kier molecular flexibility index (Phi) is 5.57. The summed E-state index contributed by atoms with van der Waals surface area (Å²) in [5.41, 5.74) is 2.54. The van der Waals surface area contributed by atoms with Gasteiger partial charge < -0.3 is 14.4 Å². The van der Waals surface area contributed by atoms with E-state index in [1.807, 2.05) is 25.1 Å². The van der Waals surface area contributed by atoms with Crippen molar-refractivity contribution in [3.05, 3.63) is 29.5 Å². The molecule has 1 aliphatic rings. The van der Waals surface area contributed by atoms with Crippen molar-refractivity contribution in [2.45, 2.75) is 20.8 Å². The van der Waals surface area contributed by atoms with Crippen LogP contribution in [-0.2, 0) is 4.74 Å². The summed E-state index contributed by atoms with van der Waals surface area (Å²) in [4.78, 5) is 7.05. The van der Waals surface area contributed by atoms with Crippen molar-refractivity contribution in [1.29, 1.82) is 5.26 Å². The third-order valence-electron chi connectivity index (χ3n) is 3.99. The zero-order valence-corrected chi connectivity index (χ0v) is 15.7. The van der Waals surface area contributed by atoms with Gasteiger partial charge in [0, 0.05) is 18.7 Å². The zero-order chi connectivity index (χ0) is 17.8. The van der Waals surface area contributed by atoms with E-state index in [9.17, 15) is 5.26 Å². The quantitative estimate of drug-likeness (QED) is 0.813. The summed E-state index contributed by atoms with van der Waals surface area (Å²) in [5, 5.41) is 11.6. The standard InChI is InChI=1S/C19H23N3O2S/c1-13(2)12-24-17-5-4-15(10-16(17)11-20)18-21-14(3)19(25-18)22-6-8-23-9-7-22/h4-5,10,13H,6-9,12H2,1-3H3. The third-order valence-corrected chi connectivity index (χ3v) is 5.26. The zero-order valence-electron chi connectivity index (χ0n) is 14.9. The van der Waals surface area contributed by atoms with Gasteiger partial charge in [-0.2, -0.15) is 5.26 Å². The highest BCUT2D eigenvalue weighted by Gasteiger charge is 2.19. The van der Waals surface area contributed by atoms with Gasteiger partial charge in [0.15, 0.2) is 0 Å². The molecule has 0 unspecified atom stereocenters. The number of morpholine rings is 1. The minimum absolute atomic E-state index is 0.420. The van der Waals surface area contributed by atoms with Crippen molar-refractivity contribution in [1.82, 2.24) is 4.98 Å². The Bertz CT molecular complexity index is 773. The molecule has 0 N–H and O–H groups in total. The summed E-state index contributed by atoms with van der Waals surface area (Å²) in [6.45, 7) is 10.1. The minimum atomic E-state index is 0.420. The number of aryl methyl sites for hydroxylation is 1. The Morgan fingerprint density at radius 1 is 1.36 bits per heavy atom. The van der Waals surface area contributed by atoms with Crippen molar-refractivity contribution >= 4 is 16.3 Å². The lowest BCUT2D eigenvalue weighted by Crippen LogP contribution is -2.36. The molecule has 132 valence electrons. The Morgan fingerprint density at radius 2 is 2.12 bits per heavy atom. The maximum atomic E-state index is 9.45. The van der Waals surface area contributed by atoms with Crippen LogP contribution in [0.5, 0.6) is 5.75 Å². The third kappa shape index (κ3) is 4.12. The van der Waals surface area contributed by atoms with E-state index in [0.29, 0.717) is 23.8 Å². The van der Waals surface area contributed by atoms with Gasteiger partial charge in [0.2, 0.25) is 0 Å². The number of rotatable bonds is 5. The van der Waals surface area contributed by atoms with Gasteiger partial charge in [-0.25, -0.2) is 4.98 Å². The average molecular weight is 357 g/mol. The maximum Gasteiger partial charge on any atom is 0.137 e. The fourth-order valence-electron chi connectivity index (χ4n) is 2.70. The molecule has 5 nitrogen and oxygen atoms in total. The topological polar surface area (TPSA) is 58.4 Å². The molecule has 6 heteroatoms. The molecule has 0 saturated carbocycles. The van der Waals surface area contributed by atoms with Crippen LogP contribution in [0.4, 0.5) is 5.00 Å². The first-order valence-electron chi connectivity index (χ1n) is 8.56. The number of ether oxygens (including phenoxy) is 2. The van der Waals surface area contributed by atoms with Crippen molar-refractivity contribution in [3.8, 4) is 22.4 Å². The van der Waals surface area contributed by atoms with Crippen molar-refractivity contribution in [2.24, 2.45) is 5.92 Å². The van der Waals surface area contributed by atoms with E-state index < -0.39 is 0 Å². The van der Waals surface area contributed by atoms with Crippen LogP contribution in [0.3, 0.4) is 0 Å². The van der Waals surface area contributed by atoms with Crippen molar-refractivity contribution in [3.63, 3.8) is 0 Å². The van der Waals surface area contributed by atoms with Crippen LogP contribution < -0.4 is 9.64 Å². The van der Waals surface area contributed by atoms with E-state index in [0.717, 1.165) is 42.6 Å². The number of nitrogens with zero attached hydrogens (tertiary/aromatic N) is 3. The number of anilines is 1. The lowest BCUT2D eigenvalue weighted by atomic mass is 10.1. The first-order chi connectivity index (χ1) is 12.1. The van der Waals surface area contributed by atoms with Gasteiger partial charge in [0.1, 0.15) is 21.8 Å². The Balaban J connectivity index is 1.85. The Labute approximate surface area is 152 Å². The molecule has 0 atom stereocenters. The predicted octanol–water partition coefficient (Wildman–Crippen LogP) is 3.86. The molecule has 1 aromatic heterocycles. The lowest BCUT2D eigenvalue weighted by Gasteiger charge is -2.27. The van der Waals surface area contributed by atoms with Crippen LogP contribution >= 0.6 is 11.3 Å². The van der Waals surface area contributed by atoms with Gasteiger partial charge in [0.05, 0.1) is 31.1 Å². The average Bonchev–Trinajstić information content (AvgIpc) is 3.02. The molecule has 1 fully saturated rings. The monoisotopic (exact) mass is 357 g/mol. The summed E-state index contributed by atoms with van der Waals surface area (Å²) < 4.78 is 11.2. The van der Waals surface area contributed by atoms with Crippen LogP contribution in [0.25, 0.3) is 10.6 Å². The molecule has 0 aliphatic carbocycles. The van der Waals surface area contributed by atoms with Crippen LogP contribution in [0.15, 0.2) is 18.2 Å². The van der Waals surface area contributed by atoms with Crippen LogP contribution in [-0.4, -0.2) is 37.9 Å². The van der Waals surface area contributed by atoms with Crippen molar-refractivity contribution in [2.75, 3.05) is 37.8 Å². The largest absolute Gasteiger partial charge is 0.492 e. The molecule has 1 saturated heterocycles. The van der Waals surface area contributed by atoms with E-state index >= 15 is 0 Å². The summed E-state index contributed by atoms with van der Waals surface area (Å²) >= 11 is 1.67. The molecular weight excluding hydrogens is 334 g/mol. The van der Waals surface area contributed by atoms with Gasteiger partial charge in [0.25, 0.3) is 0 Å². The van der Waals surface area contributed by atoms with E-state index in [1.165, 1.54) is 5.00 Å².